The molecule has 0 N–H and O–H groups in total. The molecule has 0 aliphatic heterocycles. The van der Waals surface area contributed by atoms with Gasteiger partial charge in [-0.25, -0.2) is 0 Å². The molecule has 4 aromatic rings. The fourth-order valence-corrected chi connectivity index (χ4v) is 3.30. The van der Waals surface area contributed by atoms with Crippen LogP contribution in [0.1, 0.15) is 15.9 Å². The Balaban J connectivity index is 2.02. The number of para-hydroxylation sites is 1. The van der Waals surface area contributed by atoms with Crippen molar-refractivity contribution in [1.82, 2.24) is 0 Å². The van der Waals surface area contributed by atoms with Crippen LogP contribution in [0.2, 0.25) is 5.02 Å². The molecule has 0 bridgehead atoms. The van der Waals surface area contributed by atoms with Gasteiger partial charge in [0.05, 0.1) is 17.5 Å². The lowest BCUT2D eigenvalue weighted by atomic mass is 9.97. The quantitative estimate of drug-likeness (QED) is 0.440. The third-order valence-electron chi connectivity index (χ3n) is 4.50. The summed E-state index contributed by atoms with van der Waals surface area (Å²) in [6.07, 6.45) is 0. The van der Waals surface area contributed by atoms with Crippen molar-refractivity contribution in [2.75, 3.05) is 7.11 Å². The summed E-state index contributed by atoms with van der Waals surface area (Å²) in [7, 11) is 1.57. The van der Waals surface area contributed by atoms with Crippen LogP contribution >= 0.6 is 11.6 Å². The number of methoxy groups -OCH3 is 1. The van der Waals surface area contributed by atoms with Gasteiger partial charge in [0.25, 0.3) is 0 Å². The second-order valence-electron chi connectivity index (χ2n) is 6.17. The van der Waals surface area contributed by atoms with Gasteiger partial charge >= 0.3 is 0 Å². The van der Waals surface area contributed by atoms with E-state index in [9.17, 15) is 9.59 Å². The van der Waals surface area contributed by atoms with Gasteiger partial charge in [-0.2, -0.15) is 0 Å². The number of rotatable bonds is 4. The molecule has 0 saturated carbocycles. The van der Waals surface area contributed by atoms with E-state index in [-0.39, 0.29) is 21.9 Å². The van der Waals surface area contributed by atoms with Crippen LogP contribution in [-0.4, -0.2) is 12.9 Å². The monoisotopic (exact) mass is 390 g/mol. The summed E-state index contributed by atoms with van der Waals surface area (Å²) in [4.78, 5) is 26.5. The molecule has 0 radical (unpaired) electrons. The fourth-order valence-electron chi connectivity index (χ4n) is 3.07. The molecule has 0 unspecified atom stereocenters. The van der Waals surface area contributed by atoms with Crippen molar-refractivity contribution in [3.8, 4) is 17.1 Å². The van der Waals surface area contributed by atoms with Crippen LogP contribution in [0.5, 0.6) is 5.75 Å². The fraction of sp³-hybridized carbons (Fsp3) is 0.0435. The molecular formula is C23H15ClO4. The number of carbonyl (C=O) groups excluding carboxylic acids is 1. The number of halogens is 1. The van der Waals surface area contributed by atoms with Crippen molar-refractivity contribution in [3.05, 3.63) is 99.2 Å². The molecule has 4 rings (SSSR count). The molecule has 1 heterocycles. The number of fused-ring (bicyclic) bond motifs is 1. The predicted molar refractivity (Wildman–Crippen MR) is 109 cm³/mol. The Kier molecular flexibility index (Phi) is 4.72. The molecule has 4 nitrogen and oxygen atoms in total. The van der Waals surface area contributed by atoms with Crippen molar-refractivity contribution >= 4 is 28.4 Å². The third-order valence-corrected chi connectivity index (χ3v) is 4.83. The minimum Gasteiger partial charge on any atom is -0.497 e. The third kappa shape index (κ3) is 3.08. The van der Waals surface area contributed by atoms with Gasteiger partial charge in [0.15, 0.2) is 0 Å². The highest BCUT2D eigenvalue weighted by molar-refractivity contribution is 6.35. The predicted octanol–water partition coefficient (Wildman–Crippen LogP) is 5.35. The van der Waals surface area contributed by atoms with Crippen LogP contribution < -0.4 is 10.2 Å². The first-order chi connectivity index (χ1) is 13.6. The van der Waals surface area contributed by atoms with Crippen LogP contribution in [0.4, 0.5) is 0 Å². The minimum absolute atomic E-state index is 0.0445. The molecule has 3 aromatic carbocycles. The van der Waals surface area contributed by atoms with Gasteiger partial charge in [0.2, 0.25) is 11.2 Å². The van der Waals surface area contributed by atoms with Crippen molar-refractivity contribution in [1.29, 1.82) is 0 Å². The molecule has 0 amide bonds. The average Bonchev–Trinajstić information content (AvgIpc) is 2.73. The number of ketones is 1. The summed E-state index contributed by atoms with van der Waals surface area (Å²) in [6, 6.07) is 20.5. The van der Waals surface area contributed by atoms with Gasteiger partial charge in [0.1, 0.15) is 22.7 Å². The maximum Gasteiger partial charge on any atom is 0.204 e. The summed E-state index contributed by atoms with van der Waals surface area (Å²) < 4.78 is 11.2. The van der Waals surface area contributed by atoms with E-state index in [0.29, 0.717) is 22.3 Å². The Morgan fingerprint density at radius 3 is 2.32 bits per heavy atom. The van der Waals surface area contributed by atoms with Gasteiger partial charge in [-0.1, -0.05) is 35.9 Å². The number of benzene rings is 3. The van der Waals surface area contributed by atoms with E-state index in [1.54, 1.807) is 79.9 Å². The van der Waals surface area contributed by atoms with Gasteiger partial charge in [-0.3, -0.25) is 9.59 Å². The maximum absolute atomic E-state index is 13.3. The summed E-state index contributed by atoms with van der Waals surface area (Å²) in [5.74, 6) is 0.387. The van der Waals surface area contributed by atoms with Crippen molar-refractivity contribution in [2.24, 2.45) is 0 Å². The van der Waals surface area contributed by atoms with Crippen LogP contribution in [0.25, 0.3) is 22.3 Å². The summed E-state index contributed by atoms with van der Waals surface area (Å²) >= 11 is 6.21. The average molecular weight is 391 g/mol. The Morgan fingerprint density at radius 1 is 0.929 bits per heavy atom. The zero-order valence-corrected chi connectivity index (χ0v) is 15.7. The normalized spacial score (nSPS) is 10.8. The first kappa shape index (κ1) is 18.0. The van der Waals surface area contributed by atoms with Gasteiger partial charge in [0, 0.05) is 11.1 Å². The molecule has 0 spiro atoms. The van der Waals surface area contributed by atoms with Crippen LogP contribution in [0.15, 0.2) is 82.0 Å². The smallest absolute Gasteiger partial charge is 0.204 e. The molecular weight excluding hydrogens is 376 g/mol. The Labute approximate surface area is 166 Å². The lowest BCUT2D eigenvalue weighted by Gasteiger charge is -2.11. The highest BCUT2D eigenvalue weighted by Gasteiger charge is 2.24. The lowest BCUT2D eigenvalue weighted by Crippen LogP contribution is -2.18. The van der Waals surface area contributed by atoms with Gasteiger partial charge in [-0.15, -0.1) is 0 Å². The van der Waals surface area contributed by atoms with E-state index in [1.165, 1.54) is 0 Å². The lowest BCUT2D eigenvalue weighted by molar-refractivity contribution is 0.103. The number of ether oxygens (including phenoxy) is 1. The topological polar surface area (TPSA) is 56.5 Å². The Bertz CT molecular complexity index is 1240. The molecule has 0 saturated heterocycles. The standard InChI is InChI=1S/C23H15ClO4/c1-27-15-12-10-14(11-13-15)23-20(21(25)16-6-2-4-8-18(16)24)22(26)17-7-3-5-9-19(17)28-23/h2-13H,1H3. The zero-order valence-electron chi connectivity index (χ0n) is 14.9. The first-order valence-corrected chi connectivity index (χ1v) is 8.97. The molecule has 5 heteroatoms. The minimum atomic E-state index is -0.476. The van der Waals surface area contributed by atoms with Crippen LogP contribution in [0.3, 0.4) is 0 Å². The van der Waals surface area contributed by atoms with E-state index in [4.69, 9.17) is 20.8 Å². The SMILES string of the molecule is COc1ccc(-c2oc3ccccc3c(=O)c2C(=O)c2ccccc2Cl)cc1. The summed E-state index contributed by atoms with van der Waals surface area (Å²) in [6.45, 7) is 0. The van der Waals surface area contributed by atoms with E-state index in [2.05, 4.69) is 0 Å². The Hall–Kier alpha value is -3.37. The number of hydrogen-bond donors (Lipinski definition) is 0. The second kappa shape index (κ2) is 7.33. The highest BCUT2D eigenvalue weighted by atomic mass is 35.5. The maximum atomic E-state index is 13.3. The second-order valence-corrected chi connectivity index (χ2v) is 6.58. The van der Waals surface area contributed by atoms with E-state index in [1.807, 2.05) is 0 Å². The largest absolute Gasteiger partial charge is 0.497 e. The molecule has 0 aliphatic carbocycles. The highest BCUT2D eigenvalue weighted by Crippen LogP contribution is 2.30. The van der Waals surface area contributed by atoms with E-state index < -0.39 is 11.2 Å². The Morgan fingerprint density at radius 2 is 1.61 bits per heavy atom. The number of hydrogen-bond acceptors (Lipinski definition) is 4. The molecule has 0 aliphatic rings. The van der Waals surface area contributed by atoms with E-state index in [0.717, 1.165) is 0 Å². The molecule has 0 fully saturated rings. The summed E-state index contributed by atoms with van der Waals surface area (Å²) in [5, 5.41) is 0.621. The molecule has 138 valence electrons. The van der Waals surface area contributed by atoms with Crippen LogP contribution in [-0.2, 0) is 0 Å². The van der Waals surface area contributed by atoms with Gasteiger partial charge < -0.3 is 9.15 Å². The first-order valence-electron chi connectivity index (χ1n) is 8.59. The van der Waals surface area contributed by atoms with Crippen molar-refractivity contribution in [2.45, 2.75) is 0 Å². The van der Waals surface area contributed by atoms with Gasteiger partial charge in [-0.05, 0) is 48.5 Å². The molecule has 0 atom stereocenters. The molecule has 1 aromatic heterocycles. The van der Waals surface area contributed by atoms with Crippen LogP contribution in [0, 0.1) is 0 Å². The molecule has 28 heavy (non-hydrogen) atoms. The number of carbonyl (C=O) groups is 1. The van der Waals surface area contributed by atoms with E-state index >= 15 is 0 Å². The van der Waals surface area contributed by atoms with Crippen molar-refractivity contribution in [3.63, 3.8) is 0 Å². The summed E-state index contributed by atoms with van der Waals surface area (Å²) in [5.41, 5.74) is 0.823. The van der Waals surface area contributed by atoms with Crippen molar-refractivity contribution < 1.29 is 13.9 Å². The zero-order chi connectivity index (χ0) is 19.7.